The minimum Gasteiger partial charge on any atom is -0.494 e. The summed E-state index contributed by atoms with van der Waals surface area (Å²) in [4.78, 5) is 0. The molecule has 0 amide bonds. The summed E-state index contributed by atoms with van der Waals surface area (Å²) in [6.07, 6.45) is 0.868. The molecule has 1 aromatic carbocycles. The van der Waals surface area contributed by atoms with E-state index in [4.69, 9.17) is 10.5 Å². The molecule has 3 heteroatoms. The predicted molar refractivity (Wildman–Crippen MR) is 59.8 cm³/mol. The molecular weight excluding hydrogens is 193 g/mol. The third kappa shape index (κ3) is 2.69. The Hall–Kier alpha value is -1.09. The summed E-state index contributed by atoms with van der Waals surface area (Å²) >= 11 is 0. The van der Waals surface area contributed by atoms with Crippen LogP contribution in [0.25, 0.3) is 0 Å². The second-order valence-corrected chi connectivity index (χ2v) is 3.82. The molecule has 0 fully saturated rings. The van der Waals surface area contributed by atoms with Gasteiger partial charge in [0.1, 0.15) is 0 Å². The molecule has 1 rings (SSSR count). The molecule has 1 unspecified atom stereocenters. The quantitative estimate of drug-likeness (QED) is 0.830. The van der Waals surface area contributed by atoms with Crippen molar-refractivity contribution in [2.75, 3.05) is 13.7 Å². The van der Waals surface area contributed by atoms with Crippen LogP contribution in [0.1, 0.15) is 30.4 Å². The number of hydrogen-bond acceptors (Lipinski definition) is 2. The molecule has 0 aliphatic heterocycles. The van der Waals surface area contributed by atoms with Gasteiger partial charge in [-0.05, 0) is 49.1 Å². The normalized spacial score (nSPS) is 12.6. The van der Waals surface area contributed by atoms with Gasteiger partial charge in [-0.25, -0.2) is 4.39 Å². The van der Waals surface area contributed by atoms with E-state index in [1.165, 1.54) is 7.11 Å². The van der Waals surface area contributed by atoms with Crippen LogP contribution in [0.2, 0.25) is 0 Å². The Morgan fingerprint density at radius 3 is 2.67 bits per heavy atom. The summed E-state index contributed by atoms with van der Waals surface area (Å²) in [6, 6.07) is 3.28. The summed E-state index contributed by atoms with van der Waals surface area (Å²) in [6.45, 7) is 4.64. The van der Waals surface area contributed by atoms with Crippen LogP contribution in [-0.4, -0.2) is 13.7 Å². The molecular formula is C12H18FNO. The predicted octanol–water partition coefficient (Wildman–Crippen LogP) is 2.60. The Morgan fingerprint density at radius 1 is 1.47 bits per heavy atom. The molecule has 2 nitrogen and oxygen atoms in total. The Kier molecular flexibility index (Phi) is 4.09. The number of benzene rings is 1. The van der Waals surface area contributed by atoms with Crippen molar-refractivity contribution in [1.29, 1.82) is 0 Å². The lowest BCUT2D eigenvalue weighted by atomic mass is 9.93. The monoisotopic (exact) mass is 211 g/mol. The minimum absolute atomic E-state index is 0.287. The van der Waals surface area contributed by atoms with Gasteiger partial charge in [0.25, 0.3) is 0 Å². The van der Waals surface area contributed by atoms with E-state index in [1.54, 1.807) is 12.1 Å². The maximum absolute atomic E-state index is 13.5. The lowest BCUT2D eigenvalue weighted by molar-refractivity contribution is 0.385. The molecule has 0 heterocycles. The van der Waals surface area contributed by atoms with E-state index >= 15 is 0 Å². The van der Waals surface area contributed by atoms with Crippen LogP contribution >= 0.6 is 0 Å². The summed E-state index contributed by atoms with van der Waals surface area (Å²) in [7, 11) is 1.47. The van der Waals surface area contributed by atoms with E-state index in [-0.39, 0.29) is 11.7 Å². The summed E-state index contributed by atoms with van der Waals surface area (Å²) in [5, 5.41) is 0. The van der Waals surface area contributed by atoms with Gasteiger partial charge in [-0.3, -0.25) is 0 Å². The van der Waals surface area contributed by atoms with Crippen molar-refractivity contribution in [3.05, 3.63) is 29.1 Å². The maximum Gasteiger partial charge on any atom is 0.165 e. The first-order valence-electron chi connectivity index (χ1n) is 5.14. The standard InChI is InChI=1S/C12H18FNO/c1-8(4-5-14)10-7-11(13)12(15-3)6-9(10)2/h6-8H,4-5,14H2,1-3H3. The number of rotatable bonds is 4. The summed E-state index contributed by atoms with van der Waals surface area (Å²) in [5.74, 6) is 0.286. The van der Waals surface area contributed by atoms with Crippen molar-refractivity contribution < 1.29 is 9.13 Å². The zero-order valence-electron chi connectivity index (χ0n) is 9.51. The fourth-order valence-electron chi connectivity index (χ4n) is 1.76. The van der Waals surface area contributed by atoms with Crippen molar-refractivity contribution >= 4 is 0 Å². The van der Waals surface area contributed by atoms with Crippen LogP contribution in [0.15, 0.2) is 12.1 Å². The van der Waals surface area contributed by atoms with E-state index in [2.05, 4.69) is 6.92 Å². The fraction of sp³-hybridized carbons (Fsp3) is 0.500. The molecule has 0 saturated heterocycles. The highest BCUT2D eigenvalue weighted by Crippen LogP contribution is 2.28. The third-order valence-corrected chi connectivity index (χ3v) is 2.67. The second-order valence-electron chi connectivity index (χ2n) is 3.82. The van der Waals surface area contributed by atoms with Gasteiger partial charge in [-0.2, -0.15) is 0 Å². The van der Waals surface area contributed by atoms with Crippen LogP contribution in [0, 0.1) is 12.7 Å². The van der Waals surface area contributed by atoms with Crippen LogP contribution in [0.4, 0.5) is 4.39 Å². The molecule has 0 aromatic heterocycles. The van der Waals surface area contributed by atoms with Gasteiger partial charge in [0, 0.05) is 0 Å². The molecule has 0 radical (unpaired) electrons. The SMILES string of the molecule is COc1cc(C)c(C(C)CCN)cc1F. The topological polar surface area (TPSA) is 35.2 Å². The van der Waals surface area contributed by atoms with Crippen LogP contribution in [-0.2, 0) is 0 Å². The molecule has 15 heavy (non-hydrogen) atoms. The molecule has 0 spiro atoms. The van der Waals surface area contributed by atoms with Crippen molar-refractivity contribution in [1.82, 2.24) is 0 Å². The van der Waals surface area contributed by atoms with Crippen molar-refractivity contribution in [3.8, 4) is 5.75 Å². The van der Waals surface area contributed by atoms with Gasteiger partial charge >= 0.3 is 0 Å². The van der Waals surface area contributed by atoms with Gasteiger partial charge in [0.2, 0.25) is 0 Å². The maximum atomic E-state index is 13.5. The largest absolute Gasteiger partial charge is 0.494 e. The zero-order chi connectivity index (χ0) is 11.4. The van der Waals surface area contributed by atoms with Crippen molar-refractivity contribution in [3.63, 3.8) is 0 Å². The number of halogens is 1. The van der Waals surface area contributed by atoms with E-state index in [0.29, 0.717) is 12.3 Å². The van der Waals surface area contributed by atoms with Gasteiger partial charge in [-0.1, -0.05) is 6.92 Å². The van der Waals surface area contributed by atoms with Crippen LogP contribution < -0.4 is 10.5 Å². The number of aryl methyl sites for hydroxylation is 1. The van der Waals surface area contributed by atoms with Crippen molar-refractivity contribution in [2.24, 2.45) is 5.73 Å². The molecule has 0 bridgehead atoms. The highest BCUT2D eigenvalue weighted by molar-refractivity contribution is 5.38. The minimum atomic E-state index is -0.304. The van der Waals surface area contributed by atoms with Gasteiger partial charge < -0.3 is 10.5 Å². The molecule has 0 aliphatic carbocycles. The van der Waals surface area contributed by atoms with Crippen LogP contribution in [0.3, 0.4) is 0 Å². The Morgan fingerprint density at radius 2 is 2.13 bits per heavy atom. The van der Waals surface area contributed by atoms with Gasteiger partial charge in [-0.15, -0.1) is 0 Å². The summed E-state index contributed by atoms with van der Waals surface area (Å²) in [5.41, 5.74) is 7.56. The Bertz CT molecular complexity index is 339. The molecule has 2 N–H and O–H groups in total. The molecule has 0 saturated carbocycles. The van der Waals surface area contributed by atoms with E-state index in [9.17, 15) is 4.39 Å². The first kappa shape index (κ1) is 12.0. The highest BCUT2D eigenvalue weighted by atomic mass is 19.1. The Labute approximate surface area is 90.2 Å². The van der Waals surface area contributed by atoms with Gasteiger partial charge in [0.05, 0.1) is 7.11 Å². The number of hydrogen-bond donors (Lipinski definition) is 1. The summed E-state index contributed by atoms with van der Waals surface area (Å²) < 4.78 is 18.4. The molecule has 84 valence electrons. The number of nitrogens with two attached hydrogens (primary N) is 1. The second kappa shape index (κ2) is 5.12. The highest BCUT2D eigenvalue weighted by Gasteiger charge is 2.12. The number of ether oxygens (including phenoxy) is 1. The first-order chi connectivity index (χ1) is 7.10. The first-order valence-corrected chi connectivity index (χ1v) is 5.14. The fourth-order valence-corrected chi connectivity index (χ4v) is 1.76. The van der Waals surface area contributed by atoms with E-state index in [1.807, 2.05) is 6.92 Å². The zero-order valence-corrected chi connectivity index (χ0v) is 9.51. The van der Waals surface area contributed by atoms with E-state index < -0.39 is 0 Å². The smallest absolute Gasteiger partial charge is 0.165 e. The molecule has 1 aromatic rings. The van der Waals surface area contributed by atoms with E-state index in [0.717, 1.165) is 17.5 Å². The molecule has 1 atom stereocenters. The average Bonchev–Trinajstić information content (AvgIpc) is 2.21. The number of methoxy groups -OCH3 is 1. The lowest BCUT2D eigenvalue weighted by Crippen LogP contribution is -2.06. The average molecular weight is 211 g/mol. The Balaban J connectivity index is 3.04. The van der Waals surface area contributed by atoms with Gasteiger partial charge in [0.15, 0.2) is 11.6 Å². The van der Waals surface area contributed by atoms with Crippen LogP contribution in [0.5, 0.6) is 5.75 Å². The van der Waals surface area contributed by atoms with Crippen molar-refractivity contribution in [2.45, 2.75) is 26.2 Å². The third-order valence-electron chi connectivity index (χ3n) is 2.67. The lowest BCUT2D eigenvalue weighted by Gasteiger charge is -2.15. The molecule has 0 aliphatic rings.